The number of benzene rings is 1. The number of methoxy groups -OCH3 is 1. The van der Waals surface area contributed by atoms with Crippen molar-refractivity contribution in [2.75, 3.05) is 13.7 Å². The van der Waals surface area contributed by atoms with Crippen molar-refractivity contribution in [2.45, 2.75) is 25.6 Å². The molecule has 94 valence electrons. The number of ether oxygens (including phenoxy) is 2. The molecule has 0 amide bonds. The van der Waals surface area contributed by atoms with Gasteiger partial charge in [0.2, 0.25) is 0 Å². The SMILES string of the molecule is COc1ccc(C(O)C2COC(C)C2)c(Br)c1. The Balaban J connectivity index is 2.16. The quantitative estimate of drug-likeness (QED) is 0.933. The fraction of sp³-hybridized carbons (Fsp3) is 0.538. The second-order valence-electron chi connectivity index (χ2n) is 4.47. The van der Waals surface area contributed by atoms with Crippen LogP contribution in [-0.2, 0) is 4.74 Å². The van der Waals surface area contributed by atoms with E-state index in [0.717, 1.165) is 22.2 Å². The van der Waals surface area contributed by atoms with Gasteiger partial charge in [0.15, 0.2) is 0 Å². The maximum Gasteiger partial charge on any atom is 0.120 e. The molecule has 0 spiro atoms. The Kier molecular flexibility index (Phi) is 4.07. The van der Waals surface area contributed by atoms with Gasteiger partial charge in [0.25, 0.3) is 0 Å². The van der Waals surface area contributed by atoms with Gasteiger partial charge in [0.05, 0.1) is 25.9 Å². The van der Waals surface area contributed by atoms with Gasteiger partial charge in [-0.25, -0.2) is 0 Å². The molecule has 1 saturated heterocycles. The minimum atomic E-state index is -0.486. The molecule has 1 fully saturated rings. The number of aliphatic hydroxyl groups excluding tert-OH is 1. The molecule has 1 aliphatic heterocycles. The van der Waals surface area contributed by atoms with Crippen LogP contribution in [0.5, 0.6) is 5.75 Å². The molecule has 1 N–H and O–H groups in total. The highest BCUT2D eigenvalue weighted by Gasteiger charge is 2.30. The summed E-state index contributed by atoms with van der Waals surface area (Å²) in [5.74, 6) is 0.957. The predicted molar refractivity (Wildman–Crippen MR) is 69.2 cm³/mol. The molecular weight excluding hydrogens is 284 g/mol. The van der Waals surface area contributed by atoms with E-state index in [0.29, 0.717) is 6.61 Å². The highest BCUT2D eigenvalue weighted by molar-refractivity contribution is 9.10. The molecule has 0 bridgehead atoms. The summed E-state index contributed by atoms with van der Waals surface area (Å²) in [5, 5.41) is 10.3. The van der Waals surface area contributed by atoms with E-state index < -0.39 is 6.10 Å². The maximum atomic E-state index is 10.3. The molecule has 1 heterocycles. The minimum Gasteiger partial charge on any atom is -0.497 e. The normalized spacial score (nSPS) is 25.9. The lowest BCUT2D eigenvalue weighted by molar-refractivity contribution is 0.0800. The zero-order valence-electron chi connectivity index (χ0n) is 10.0. The predicted octanol–water partition coefficient (Wildman–Crippen LogP) is 2.92. The number of hydrogen-bond acceptors (Lipinski definition) is 3. The first-order chi connectivity index (χ1) is 8.11. The zero-order chi connectivity index (χ0) is 12.4. The van der Waals surface area contributed by atoms with Crippen LogP contribution < -0.4 is 4.74 Å². The van der Waals surface area contributed by atoms with Crippen LogP contribution in [0.1, 0.15) is 25.0 Å². The van der Waals surface area contributed by atoms with Crippen molar-refractivity contribution in [3.63, 3.8) is 0 Å². The van der Waals surface area contributed by atoms with Crippen LogP contribution >= 0.6 is 15.9 Å². The van der Waals surface area contributed by atoms with Gasteiger partial charge >= 0.3 is 0 Å². The van der Waals surface area contributed by atoms with Gasteiger partial charge < -0.3 is 14.6 Å². The molecule has 1 aromatic rings. The molecule has 0 aromatic heterocycles. The van der Waals surface area contributed by atoms with Crippen LogP contribution in [0.2, 0.25) is 0 Å². The standard InChI is InChI=1S/C13H17BrO3/c1-8-5-9(7-17-8)13(15)11-4-3-10(16-2)6-12(11)14/h3-4,6,8-9,13,15H,5,7H2,1-2H3. The second-order valence-corrected chi connectivity index (χ2v) is 5.33. The third kappa shape index (κ3) is 2.81. The van der Waals surface area contributed by atoms with E-state index in [1.54, 1.807) is 7.11 Å². The van der Waals surface area contributed by atoms with Crippen molar-refractivity contribution in [2.24, 2.45) is 5.92 Å². The van der Waals surface area contributed by atoms with Crippen molar-refractivity contribution >= 4 is 15.9 Å². The number of aliphatic hydroxyl groups is 1. The first-order valence-electron chi connectivity index (χ1n) is 5.75. The van der Waals surface area contributed by atoms with Crippen LogP contribution in [0.4, 0.5) is 0 Å². The van der Waals surface area contributed by atoms with Gasteiger partial charge in [-0.05, 0) is 31.0 Å². The number of hydrogen-bond donors (Lipinski definition) is 1. The summed E-state index contributed by atoms with van der Waals surface area (Å²) in [5.41, 5.74) is 0.897. The lowest BCUT2D eigenvalue weighted by Crippen LogP contribution is -2.13. The van der Waals surface area contributed by atoms with E-state index in [9.17, 15) is 5.11 Å². The highest BCUT2D eigenvalue weighted by atomic mass is 79.9. The van der Waals surface area contributed by atoms with E-state index in [1.807, 2.05) is 25.1 Å². The smallest absolute Gasteiger partial charge is 0.120 e. The largest absolute Gasteiger partial charge is 0.497 e. The Labute approximate surface area is 110 Å². The van der Waals surface area contributed by atoms with Gasteiger partial charge in [0.1, 0.15) is 5.75 Å². The molecule has 3 atom stereocenters. The summed E-state index contributed by atoms with van der Waals surface area (Å²) in [7, 11) is 1.63. The summed E-state index contributed by atoms with van der Waals surface area (Å²) >= 11 is 3.47. The minimum absolute atomic E-state index is 0.176. The lowest BCUT2D eigenvalue weighted by atomic mass is 9.93. The first-order valence-corrected chi connectivity index (χ1v) is 6.54. The molecule has 0 radical (unpaired) electrons. The maximum absolute atomic E-state index is 10.3. The van der Waals surface area contributed by atoms with E-state index in [-0.39, 0.29) is 12.0 Å². The first kappa shape index (κ1) is 12.9. The number of rotatable bonds is 3. The summed E-state index contributed by atoms with van der Waals surface area (Å²) in [4.78, 5) is 0. The Morgan fingerprint density at radius 2 is 2.29 bits per heavy atom. The van der Waals surface area contributed by atoms with Crippen molar-refractivity contribution in [3.8, 4) is 5.75 Å². The molecule has 3 unspecified atom stereocenters. The van der Waals surface area contributed by atoms with E-state index in [2.05, 4.69) is 15.9 Å². The van der Waals surface area contributed by atoms with Gasteiger partial charge in [-0.3, -0.25) is 0 Å². The highest BCUT2D eigenvalue weighted by Crippen LogP contribution is 2.36. The molecule has 17 heavy (non-hydrogen) atoms. The van der Waals surface area contributed by atoms with Crippen LogP contribution in [0, 0.1) is 5.92 Å². The molecule has 4 heteroatoms. The summed E-state index contributed by atoms with van der Waals surface area (Å²) in [6, 6.07) is 5.64. The number of halogens is 1. The summed E-state index contributed by atoms with van der Waals surface area (Å²) in [6.07, 6.45) is 0.659. The fourth-order valence-corrected chi connectivity index (χ4v) is 2.79. The van der Waals surface area contributed by atoms with E-state index in [4.69, 9.17) is 9.47 Å². The van der Waals surface area contributed by atoms with Crippen LogP contribution in [0.25, 0.3) is 0 Å². The van der Waals surface area contributed by atoms with E-state index >= 15 is 0 Å². The lowest BCUT2D eigenvalue weighted by Gasteiger charge is -2.18. The Bertz CT molecular complexity index is 394. The van der Waals surface area contributed by atoms with Crippen LogP contribution in [-0.4, -0.2) is 24.9 Å². The third-order valence-corrected chi connectivity index (χ3v) is 3.89. The van der Waals surface area contributed by atoms with Gasteiger partial charge in [0, 0.05) is 10.4 Å². The van der Waals surface area contributed by atoms with Crippen LogP contribution in [0.15, 0.2) is 22.7 Å². The molecule has 1 aliphatic rings. The van der Waals surface area contributed by atoms with Gasteiger partial charge in [-0.15, -0.1) is 0 Å². The second kappa shape index (κ2) is 5.38. The van der Waals surface area contributed by atoms with Crippen molar-refractivity contribution in [1.82, 2.24) is 0 Å². The Morgan fingerprint density at radius 1 is 1.53 bits per heavy atom. The van der Waals surface area contributed by atoms with Gasteiger partial charge in [-0.1, -0.05) is 22.0 Å². The Hall–Kier alpha value is -0.580. The molecule has 0 aliphatic carbocycles. The van der Waals surface area contributed by atoms with Crippen molar-refractivity contribution in [1.29, 1.82) is 0 Å². The molecule has 3 nitrogen and oxygen atoms in total. The summed E-state index contributed by atoms with van der Waals surface area (Å²) in [6.45, 7) is 2.66. The molecular formula is C13H17BrO3. The topological polar surface area (TPSA) is 38.7 Å². The molecule has 0 saturated carbocycles. The van der Waals surface area contributed by atoms with Crippen molar-refractivity contribution < 1.29 is 14.6 Å². The third-order valence-electron chi connectivity index (χ3n) is 3.20. The van der Waals surface area contributed by atoms with Gasteiger partial charge in [-0.2, -0.15) is 0 Å². The average molecular weight is 301 g/mol. The van der Waals surface area contributed by atoms with Crippen LogP contribution in [0.3, 0.4) is 0 Å². The van der Waals surface area contributed by atoms with Crippen molar-refractivity contribution in [3.05, 3.63) is 28.2 Å². The monoisotopic (exact) mass is 300 g/mol. The average Bonchev–Trinajstić information content (AvgIpc) is 2.75. The zero-order valence-corrected chi connectivity index (χ0v) is 11.6. The molecule has 2 rings (SSSR count). The fourth-order valence-electron chi connectivity index (χ4n) is 2.20. The summed E-state index contributed by atoms with van der Waals surface area (Å²) < 4.78 is 11.5. The molecule has 1 aromatic carbocycles. The van der Waals surface area contributed by atoms with E-state index in [1.165, 1.54) is 0 Å². The Morgan fingerprint density at radius 3 is 2.82 bits per heavy atom.